The van der Waals surface area contributed by atoms with Gasteiger partial charge < -0.3 is 14.2 Å². The number of nitrogens with one attached hydrogen (secondary N) is 1. The van der Waals surface area contributed by atoms with Crippen LogP contribution in [0.3, 0.4) is 0 Å². The van der Waals surface area contributed by atoms with E-state index < -0.39 is 5.76 Å². The molecule has 0 bridgehead atoms. The molecule has 0 spiro atoms. The van der Waals surface area contributed by atoms with Gasteiger partial charge in [0.15, 0.2) is 11.2 Å². The Balaban J connectivity index is 1.47. The summed E-state index contributed by atoms with van der Waals surface area (Å²) >= 11 is 0. The molecule has 0 aliphatic rings. The molecule has 0 saturated heterocycles. The molecule has 1 N–H and O–H groups in total. The zero-order valence-corrected chi connectivity index (χ0v) is 16.0. The minimum Gasteiger partial charge on any atom is -0.440 e. The van der Waals surface area contributed by atoms with E-state index in [9.17, 15) is 9.59 Å². The first-order valence-electron chi connectivity index (χ1n) is 9.10. The highest BCUT2D eigenvalue weighted by Crippen LogP contribution is 2.27. The first kappa shape index (κ1) is 18.0. The summed E-state index contributed by atoms with van der Waals surface area (Å²) in [6.07, 6.45) is 0.146. The second-order valence-corrected chi connectivity index (χ2v) is 7.74. The zero-order valence-electron chi connectivity index (χ0n) is 16.0. The van der Waals surface area contributed by atoms with Gasteiger partial charge in [-0.15, -0.1) is 0 Å². The maximum Gasteiger partial charge on any atom is 0.419 e. The number of nitrogens with zero attached hydrogens (tertiary/aromatic N) is 2. The van der Waals surface area contributed by atoms with Crippen molar-refractivity contribution in [2.75, 3.05) is 5.32 Å². The van der Waals surface area contributed by atoms with E-state index in [-0.39, 0.29) is 24.3 Å². The molecule has 2 heterocycles. The van der Waals surface area contributed by atoms with Gasteiger partial charge in [-0.05, 0) is 30.3 Å². The van der Waals surface area contributed by atoms with Crippen molar-refractivity contribution in [3.63, 3.8) is 0 Å². The molecule has 0 radical (unpaired) electrons. The molecule has 4 rings (SSSR count). The SMILES string of the molecule is CC(C)(C)c1nc2cc(NC(=O)CCn3c(=O)oc4ccccc43)ccc2o1. The van der Waals surface area contributed by atoms with Crippen LogP contribution < -0.4 is 11.1 Å². The fourth-order valence-electron chi connectivity index (χ4n) is 2.99. The van der Waals surface area contributed by atoms with Gasteiger partial charge in [0.1, 0.15) is 5.52 Å². The quantitative estimate of drug-likeness (QED) is 0.577. The van der Waals surface area contributed by atoms with Gasteiger partial charge in [-0.2, -0.15) is 0 Å². The maximum absolute atomic E-state index is 12.4. The van der Waals surface area contributed by atoms with Gasteiger partial charge in [0.05, 0.1) is 5.52 Å². The van der Waals surface area contributed by atoms with E-state index in [0.717, 1.165) is 0 Å². The lowest BCUT2D eigenvalue weighted by atomic mass is 9.97. The van der Waals surface area contributed by atoms with Crippen molar-refractivity contribution in [2.45, 2.75) is 39.2 Å². The van der Waals surface area contributed by atoms with Crippen LogP contribution in [0.4, 0.5) is 5.69 Å². The van der Waals surface area contributed by atoms with Crippen LogP contribution in [0.25, 0.3) is 22.2 Å². The predicted octanol–water partition coefficient (Wildman–Crippen LogP) is 4.06. The van der Waals surface area contributed by atoms with Crippen LogP contribution >= 0.6 is 0 Å². The number of fused-ring (bicyclic) bond motifs is 2. The molecule has 0 aliphatic carbocycles. The van der Waals surface area contributed by atoms with Crippen LogP contribution in [0.15, 0.2) is 56.1 Å². The van der Waals surface area contributed by atoms with Gasteiger partial charge in [-0.25, -0.2) is 9.78 Å². The van der Waals surface area contributed by atoms with Crippen LogP contribution in [0.2, 0.25) is 0 Å². The zero-order chi connectivity index (χ0) is 19.9. The molecule has 0 unspecified atom stereocenters. The standard InChI is InChI=1S/C21H21N3O4/c1-21(2,3)19-23-14-12-13(8-9-16(14)27-19)22-18(25)10-11-24-15-6-4-5-7-17(15)28-20(24)26/h4-9,12H,10-11H2,1-3H3,(H,22,25). The van der Waals surface area contributed by atoms with Crippen LogP contribution in [0.1, 0.15) is 33.1 Å². The number of hydrogen-bond acceptors (Lipinski definition) is 5. The molecular formula is C21H21N3O4. The summed E-state index contributed by atoms with van der Waals surface area (Å²) in [5.41, 5.74) is 3.01. The van der Waals surface area contributed by atoms with E-state index in [1.54, 1.807) is 36.4 Å². The lowest BCUT2D eigenvalue weighted by Gasteiger charge is -2.11. The number of carbonyl (C=O) groups is 1. The van der Waals surface area contributed by atoms with E-state index >= 15 is 0 Å². The van der Waals surface area contributed by atoms with E-state index in [1.807, 2.05) is 26.8 Å². The minimum absolute atomic E-state index is 0.146. The molecule has 2 aromatic heterocycles. The Hall–Kier alpha value is -3.35. The highest BCUT2D eigenvalue weighted by molar-refractivity contribution is 5.92. The van der Waals surface area contributed by atoms with Crippen LogP contribution in [0, 0.1) is 0 Å². The number of carbonyl (C=O) groups excluding carboxylic acids is 1. The molecule has 0 atom stereocenters. The fraction of sp³-hybridized carbons (Fsp3) is 0.286. The number of para-hydroxylation sites is 2. The average Bonchev–Trinajstić information content (AvgIpc) is 3.20. The van der Waals surface area contributed by atoms with Gasteiger partial charge >= 0.3 is 5.76 Å². The van der Waals surface area contributed by atoms with Crippen LogP contribution in [0.5, 0.6) is 0 Å². The number of aryl methyl sites for hydroxylation is 1. The monoisotopic (exact) mass is 379 g/mol. The van der Waals surface area contributed by atoms with E-state index in [4.69, 9.17) is 8.83 Å². The minimum atomic E-state index is -0.465. The van der Waals surface area contributed by atoms with Crippen molar-refractivity contribution >= 4 is 33.8 Å². The number of aromatic nitrogens is 2. The van der Waals surface area contributed by atoms with Crippen LogP contribution in [-0.4, -0.2) is 15.5 Å². The Labute approximate surface area is 161 Å². The Kier molecular flexibility index (Phi) is 4.30. The molecule has 7 nitrogen and oxygen atoms in total. The summed E-state index contributed by atoms with van der Waals surface area (Å²) in [6, 6.07) is 12.5. The van der Waals surface area contributed by atoms with Crippen molar-refractivity contribution in [1.29, 1.82) is 0 Å². The molecule has 4 aromatic rings. The summed E-state index contributed by atoms with van der Waals surface area (Å²) in [4.78, 5) is 28.8. The number of benzene rings is 2. The normalized spacial score (nSPS) is 12.0. The third-order valence-corrected chi connectivity index (χ3v) is 4.45. The molecule has 2 aromatic carbocycles. The molecular weight excluding hydrogens is 358 g/mol. The lowest BCUT2D eigenvalue weighted by molar-refractivity contribution is -0.116. The maximum atomic E-state index is 12.4. The van der Waals surface area contributed by atoms with Crippen molar-refractivity contribution in [3.8, 4) is 0 Å². The molecule has 0 aliphatic heterocycles. The summed E-state index contributed by atoms with van der Waals surface area (Å²) in [7, 11) is 0. The van der Waals surface area contributed by atoms with Crippen molar-refractivity contribution in [2.24, 2.45) is 0 Å². The van der Waals surface area contributed by atoms with Crippen molar-refractivity contribution in [3.05, 3.63) is 58.9 Å². The first-order chi connectivity index (χ1) is 13.3. The summed E-state index contributed by atoms with van der Waals surface area (Å²) in [6.45, 7) is 6.33. The topological polar surface area (TPSA) is 90.3 Å². The van der Waals surface area contributed by atoms with Gasteiger partial charge in [-0.1, -0.05) is 32.9 Å². The van der Waals surface area contributed by atoms with Gasteiger partial charge in [0.25, 0.3) is 0 Å². The van der Waals surface area contributed by atoms with E-state index in [1.165, 1.54) is 4.57 Å². The Morgan fingerprint density at radius 2 is 1.89 bits per heavy atom. The summed E-state index contributed by atoms with van der Waals surface area (Å²) < 4.78 is 12.4. The highest BCUT2D eigenvalue weighted by atomic mass is 16.4. The van der Waals surface area contributed by atoms with Crippen molar-refractivity contribution < 1.29 is 13.6 Å². The molecule has 0 fully saturated rings. The Bertz CT molecular complexity index is 1220. The molecule has 0 saturated carbocycles. The second kappa shape index (κ2) is 6.67. The summed E-state index contributed by atoms with van der Waals surface area (Å²) in [5, 5.41) is 2.85. The molecule has 1 amide bonds. The first-order valence-corrected chi connectivity index (χ1v) is 9.10. The third-order valence-electron chi connectivity index (χ3n) is 4.45. The van der Waals surface area contributed by atoms with Crippen molar-refractivity contribution in [1.82, 2.24) is 9.55 Å². The highest BCUT2D eigenvalue weighted by Gasteiger charge is 2.21. The van der Waals surface area contributed by atoms with E-state index in [2.05, 4.69) is 10.3 Å². The smallest absolute Gasteiger partial charge is 0.419 e. The predicted molar refractivity (Wildman–Crippen MR) is 106 cm³/mol. The largest absolute Gasteiger partial charge is 0.440 e. The Morgan fingerprint density at radius 1 is 1.11 bits per heavy atom. The lowest BCUT2D eigenvalue weighted by Crippen LogP contribution is -2.19. The van der Waals surface area contributed by atoms with Gasteiger partial charge in [0, 0.05) is 24.1 Å². The number of amides is 1. The Morgan fingerprint density at radius 3 is 2.68 bits per heavy atom. The third kappa shape index (κ3) is 3.43. The van der Waals surface area contributed by atoms with Crippen LogP contribution in [-0.2, 0) is 16.8 Å². The number of anilines is 1. The van der Waals surface area contributed by atoms with E-state index in [0.29, 0.717) is 33.8 Å². The molecule has 7 heteroatoms. The molecule has 28 heavy (non-hydrogen) atoms. The number of hydrogen-bond donors (Lipinski definition) is 1. The second-order valence-electron chi connectivity index (χ2n) is 7.74. The fourth-order valence-corrected chi connectivity index (χ4v) is 2.99. The van der Waals surface area contributed by atoms with Gasteiger partial charge in [-0.3, -0.25) is 9.36 Å². The molecule has 144 valence electrons. The average molecular weight is 379 g/mol. The van der Waals surface area contributed by atoms with Gasteiger partial charge in [0.2, 0.25) is 11.8 Å². The summed E-state index contributed by atoms with van der Waals surface area (Å²) in [5.74, 6) is -0.0130. The number of rotatable bonds is 4. The number of oxazole rings is 2.